The zero-order chi connectivity index (χ0) is 14.7. The Kier molecular flexibility index (Phi) is 3.38. The predicted octanol–water partition coefficient (Wildman–Crippen LogP) is 1.35. The molecule has 0 aliphatic carbocycles. The molecule has 0 saturated carbocycles. The second-order valence-corrected chi connectivity index (χ2v) is 4.51. The first-order chi connectivity index (χ1) is 10.2. The number of H-pyrrole nitrogens is 2. The smallest absolute Gasteiger partial charge is 0.276 e. The van der Waals surface area contributed by atoms with Crippen molar-refractivity contribution >= 4 is 11.5 Å². The summed E-state index contributed by atoms with van der Waals surface area (Å²) in [5.74, 6) is 0.386. The van der Waals surface area contributed by atoms with Crippen LogP contribution in [0.1, 0.15) is 5.56 Å². The van der Waals surface area contributed by atoms with Gasteiger partial charge < -0.3 is 16.0 Å². The van der Waals surface area contributed by atoms with Gasteiger partial charge in [-0.05, 0) is 17.2 Å². The molecule has 0 amide bonds. The topological polar surface area (TPSA) is 112 Å². The van der Waals surface area contributed by atoms with Crippen molar-refractivity contribution in [2.24, 2.45) is 0 Å². The zero-order valence-electron chi connectivity index (χ0n) is 11.1. The lowest BCUT2D eigenvalue weighted by molar-refractivity contribution is 1.06. The lowest BCUT2D eigenvalue weighted by Crippen LogP contribution is -2.16. The highest BCUT2D eigenvalue weighted by Gasteiger charge is 2.04. The summed E-state index contributed by atoms with van der Waals surface area (Å²) >= 11 is 0. The molecule has 7 nitrogen and oxygen atoms in total. The SMILES string of the molecule is Nc1c(NCc2ccc(-c3ccn[nH]3)cc2)nc[nH]c1=O. The normalized spacial score (nSPS) is 10.5. The van der Waals surface area contributed by atoms with Crippen molar-refractivity contribution in [3.63, 3.8) is 0 Å². The summed E-state index contributed by atoms with van der Waals surface area (Å²) in [4.78, 5) is 17.8. The van der Waals surface area contributed by atoms with E-state index in [2.05, 4.69) is 25.5 Å². The van der Waals surface area contributed by atoms with Crippen LogP contribution in [0.15, 0.2) is 47.7 Å². The molecular formula is C14H14N6O. The van der Waals surface area contributed by atoms with Crippen molar-refractivity contribution in [3.05, 3.63) is 58.8 Å². The number of aromatic amines is 2. The number of nitrogen functional groups attached to an aromatic ring is 1. The van der Waals surface area contributed by atoms with Gasteiger partial charge in [-0.25, -0.2) is 4.98 Å². The molecule has 0 aliphatic heterocycles. The number of rotatable bonds is 4. The standard InChI is InChI=1S/C14H14N6O/c15-12-13(17-8-18-14(12)21)16-7-9-1-3-10(4-2-9)11-5-6-19-20-11/h1-6,8H,7,15H2,(H,19,20)(H2,16,17,18,21). The van der Waals surface area contributed by atoms with Gasteiger partial charge in [0.05, 0.1) is 12.0 Å². The van der Waals surface area contributed by atoms with Crippen LogP contribution in [0, 0.1) is 0 Å². The van der Waals surface area contributed by atoms with Crippen LogP contribution in [-0.4, -0.2) is 20.2 Å². The molecule has 2 heterocycles. The van der Waals surface area contributed by atoms with E-state index in [0.717, 1.165) is 16.8 Å². The third-order valence-electron chi connectivity index (χ3n) is 3.11. The fourth-order valence-electron chi connectivity index (χ4n) is 1.96. The molecule has 0 bridgehead atoms. The Labute approximate surface area is 120 Å². The summed E-state index contributed by atoms with van der Waals surface area (Å²) in [5, 5.41) is 9.88. The number of hydrogen-bond acceptors (Lipinski definition) is 5. The van der Waals surface area contributed by atoms with E-state index in [0.29, 0.717) is 12.4 Å². The summed E-state index contributed by atoms with van der Waals surface area (Å²) in [6.45, 7) is 0.532. The van der Waals surface area contributed by atoms with Crippen molar-refractivity contribution < 1.29 is 0 Å². The Morgan fingerprint density at radius 2 is 2.00 bits per heavy atom. The zero-order valence-corrected chi connectivity index (χ0v) is 11.1. The summed E-state index contributed by atoms with van der Waals surface area (Å²) < 4.78 is 0. The summed E-state index contributed by atoms with van der Waals surface area (Å²) in [7, 11) is 0. The highest BCUT2D eigenvalue weighted by molar-refractivity contribution is 5.60. The van der Waals surface area contributed by atoms with Crippen LogP contribution >= 0.6 is 0 Å². The molecule has 0 aliphatic rings. The van der Waals surface area contributed by atoms with Gasteiger partial charge in [0.25, 0.3) is 5.56 Å². The predicted molar refractivity (Wildman–Crippen MR) is 80.6 cm³/mol. The lowest BCUT2D eigenvalue weighted by Gasteiger charge is -2.07. The first-order valence-corrected chi connectivity index (χ1v) is 6.40. The molecule has 21 heavy (non-hydrogen) atoms. The number of hydrogen-bond donors (Lipinski definition) is 4. The minimum atomic E-state index is -0.345. The van der Waals surface area contributed by atoms with Gasteiger partial charge >= 0.3 is 0 Å². The largest absolute Gasteiger partial charge is 0.391 e. The Hall–Kier alpha value is -3.09. The van der Waals surface area contributed by atoms with E-state index in [4.69, 9.17) is 5.73 Å². The molecule has 0 saturated heterocycles. The van der Waals surface area contributed by atoms with Crippen LogP contribution in [0.5, 0.6) is 0 Å². The highest BCUT2D eigenvalue weighted by atomic mass is 16.1. The van der Waals surface area contributed by atoms with Gasteiger partial charge in [0.2, 0.25) is 0 Å². The van der Waals surface area contributed by atoms with Gasteiger partial charge in [-0.3, -0.25) is 9.89 Å². The number of nitrogens with one attached hydrogen (secondary N) is 3. The van der Waals surface area contributed by atoms with E-state index < -0.39 is 0 Å². The summed E-state index contributed by atoms with van der Waals surface area (Å²) in [6, 6.07) is 9.89. The Bertz CT molecular complexity index is 776. The molecule has 3 aromatic rings. The maximum absolute atomic E-state index is 11.4. The average Bonchev–Trinajstić information content (AvgIpc) is 3.04. The number of benzene rings is 1. The molecule has 106 valence electrons. The monoisotopic (exact) mass is 282 g/mol. The minimum Gasteiger partial charge on any atom is -0.391 e. The Morgan fingerprint density at radius 1 is 1.19 bits per heavy atom. The molecule has 5 N–H and O–H groups in total. The molecule has 2 aromatic heterocycles. The van der Waals surface area contributed by atoms with Gasteiger partial charge in [0, 0.05) is 12.7 Å². The van der Waals surface area contributed by atoms with E-state index >= 15 is 0 Å². The van der Waals surface area contributed by atoms with Crippen LogP contribution in [-0.2, 0) is 6.54 Å². The molecule has 0 fully saturated rings. The fourth-order valence-corrected chi connectivity index (χ4v) is 1.96. The number of nitrogens with zero attached hydrogens (tertiary/aromatic N) is 2. The number of anilines is 2. The van der Waals surface area contributed by atoms with Crippen molar-refractivity contribution in [2.75, 3.05) is 11.1 Å². The molecule has 1 aromatic carbocycles. The molecule has 7 heteroatoms. The van der Waals surface area contributed by atoms with E-state index in [-0.39, 0.29) is 11.2 Å². The molecule has 0 unspecified atom stereocenters. The maximum Gasteiger partial charge on any atom is 0.276 e. The van der Waals surface area contributed by atoms with E-state index in [1.54, 1.807) is 6.20 Å². The molecule has 0 radical (unpaired) electrons. The van der Waals surface area contributed by atoms with Gasteiger partial charge in [0.15, 0.2) is 5.82 Å². The first-order valence-electron chi connectivity index (χ1n) is 6.40. The van der Waals surface area contributed by atoms with Crippen molar-refractivity contribution in [2.45, 2.75) is 6.54 Å². The number of nitrogens with two attached hydrogens (primary N) is 1. The Morgan fingerprint density at radius 3 is 2.71 bits per heavy atom. The second kappa shape index (κ2) is 5.49. The van der Waals surface area contributed by atoms with Gasteiger partial charge in [-0.1, -0.05) is 24.3 Å². The fraction of sp³-hybridized carbons (Fsp3) is 0.0714. The molecule has 0 spiro atoms. The van der Waals surface area contributed by atoms with Crippen molar-refractivity contribution in [3.8, 4) is 11.3 Å². The van der Waals surface area contributed by atoms with Crippen LogP contribution in [0.4, 0.5) is 11.5 Å². The van der Waals surface area contributed by atoms with Gasteiger partial charge in [-0.15, -0.1) is 0 Å². The van der Waals surface area contributed by atoms with Crippen LogP contribution < -0.4 is 16.6 Å². The van der Waals surface area contributed by atoms with E-state index in [9.17, 15) is 4.79 Å². The molecular weight excluding hydrogens is 268 g/mol. The minimum absolute atomic E-state index is 0.0894. The number of aromatic nitrogens is 4. The quantitative estimate of drug-likeness (QED) is 0.577. The summed E-state index contributed by atoms with van der Waals surface area (Å²) in [6.07, 6.45) is 3.04. The first kappa shape index (κ1) is 12.9. The van der Waals surface area contributed by atoms with Crippen LogP contribution in [0.25, 0.3) is 11.3 Å². The van der Waals surface area contributed by atoms with Crippen LogP contribution in [0.2, 0.25) is 0 Å². The van der Waals surface area contributed by atoms with E-state index in [1.165, 1.54) is 6.33 Å². The second-order valence-electron chi connectivity index (χ2n) is 4.51. The lowest BCUT2D eigenvalue weighted by atomic mass is 10.1. The van der Waals surface area contributed by atoms with Gasteiger partial charge in [-0.2, -0.15) is 5.10 Å². The summed E-state index contributed by atoms with van der Waals surface area (Å²) in [5.41, 5.74) is 8.48. The maximum atomic E-state index is 11.4. The average molecular weight is 282 g/mol. The third kappa shape index (κ3) is 2.76. The Balaban J connectivity index is 1.71. The van der Waals surface area contributed by atoms with Crippen molar-refractivity contribution in [1.82, 2.24) is 20.2 Å². The van der Waals surface area contributed by atoms with Crippen molar-refractivity contribution in [1.29, 1.82) is 0 Å². The highest BCUT2D eigenvalue weighted by Crippen LogP contribution is 2.17. The third-order valence-corrected chi connectivity index (χ3v) is 3.11. The van der Waals surface area contributed by atoms with E-state index in [1.807, 2.05) is 30.3 Å². The van der Waals surface area contributed by atoms with Gasteiger partial charge in [0.1, 0.15) is 5.69 Å². The molecule has 3 rings (SSSR count). The van der Waals surface area contributed by atoms with Crippen LogP contribution in [0.3, 0.4) is 0 Å². The molecule has 0 atom stereocenters.